The zero-order valence-corrected chi connectivity index (χ0v) is 12.9. The van der Waals surface area contributed by atoms with E-state index in [-0.39, 0.29) is 5.41 Å². The first kappa shape index (κ1) is 15.8. The minimum atomic E-state index is 0.206. The monoisotopic (exact) mass is 274 g/mol. The number of rotatable bonds is 1. The minimum Gasteiger partial charge on any atom is -0.333 e. The summed E-state index contributed by atoms with van der Waals surface area (Å²) in [6.07, 6.45) is 0. The van der Waals surface area contributed by atoms with Crippen LogP contribution in [0.25, 0.3) is 11.1 Å². The van der Waals surface area contributed by atoms with Gasteiger partial charge in [0, 0.05) is 0 Å². The second-order valence-electron chi connectivity index (χ2n) is 5.65. The summed E-state index contributed by atoms with van der Waals surface area (Å²) < 4.78 is 6.69. The average molecular weight is 274 g/mol. The standard InChI is InChI=1S/C17H20.H2OS/c1-13-10-11-15(17(2,3)4)12-16(13)14-8-6-5-7-9-14;1-2/h5-12H,1-4H3;1-2H. The Labute approximate surface area is 121 Å². The first-order chi connectivity index (χ1) is 8.98. The molecule has 2 aromatic rings. The van der Waals surface area contributed by atoms with Crippen molar-refractivity contribution in [3.05, 3.63) is 59.7 Å². The van der Waals surface area contributed by atoms with Crippen LogP contribution in [0.3, 0.4) is 0 Å². The molecule has 1 N–H and O–H groups in total. The number of hydrogen-bond acceptors (Lipinski definition) is 2. The van der Waals surface area contributed by atoms with Crippen LogP contribution >= 0.6 is 12.9 Å². The SMILES string of the molecule is Cc1ccc(C(C)(C)C)cc1-c1ccccc1.OS. The van der Waals surface area contributed by atoms with Gasteiger partial charge in [0.1, 0.15) is 0 Å². The molecule has 0 heterocycles. The largest absolute Gasteiger partial charge is 0.333 e. The van der Waals surface area contributed by atoms with Gasteiger partial charge in [-0.3, -0.25) is 0 Å². The molecule has 0 bridgehead atoms. The van der Waals surface area contributed by atoms with E-state index in [1.807, 2.05) is 0 Å². The molecule has 2 rings (SSSR count). The van der Waals surface area contributed by atoms with E-state index in [1.54, 1.807) is 0 Å². The molecular weight excluding hydrogens is 252 g/mol. The Morgan fingerprint density at radius 3 is 2.00 bits per heavy atom. The molecule has 102 valence electrons. The topological polar surface area (TPSA) is 20.2 Å². The molecule has 0 radical (unpaired) electrons. The molecule has 1 nitrogen and oxygen atoms in total. The average Bonchev–Trinajstić information content (AvgIpc) is 2.41. The van der Waals surface area contributed by atoms with Gasteiger partial charge in [0.15, 0.2) is 0 Å². The van der Waals surface area contributed by atoms with Crippen LogP contribution in [0.4, 0.5) is 0 Å². The van der Waals surface area contributed by atoms with Crippen molar-refractivity contribution >= 4 is 12.9 Å². The summed E-state index contributed by atoms with van der Waals surface area (Å²) in [4.78, 5) is 0. The van der Waals surface area contributed by atoms with Crippen LogP contribution in [0.2, 0.25) is 0 Å². The van der Waals surface area contributed by atoms with Crippen molar-refractivity contribution in [1.82, 2.24) is 0 Å². The van der Waals surface area contributed by atoms with Crippen LogP contribution < -0.4 is 0 Å². The van der Waals surface area contributed by atoms with Crippen LogP contribution in [0.15, 0.2) is 48.5 Å². The molecule has 0 saturated carbocycles. The van der Waals surface area contributed by atoms with Crippen LogP contribution in [0.1, 0.15) is 31.9 Å². The second-order valence-corrected chi connectivity index (χ2v) is 5.65. The first-order valence-electron chi connectivity index (χ1n) is 6.35. The Bertz CT molecular complexity index is 513. The van der Waals surface area contributed by atoms with Crippen LogP contribution in [-0.4, -0.2) is 4.55 Å². The lowest BCUT2D eigenvalue weighted by atomic mass is 9.84. The highest BCUT2D eigenvalue weighted by atomic mass is 32.1. The quantitative estimate of drug-likeness (QED) is 0.530. The molecule has 0 unspecified atom stereocenters. The molecule has 2 heteroatoms. The minimum absolute atomic E-state index is 0.206. The molecule has 0 amide bonds. The summed E-state index contributed by atoms with van der Waals surface area (Å²) in [7, 11) is 0. The van der Waals surface area contributed by atoms with Crippen LogP contribution in [0, 0.1) is 6.92 Å². The number of aryl methyl sites for hydroxylation is 1. The van der Waals surface area contributed by atoms with Gasteiger partial charge in [0.2, 0.25) is 0 Å². The molecule has 19 heavy (non-hydrogen) atoms. The summed E-state index contributed by atoms with van der Waals surface area (Å²) in [5.41, 5.74) is 5.58. The van der Waals surface area contributed by atoms with Crippen molar-refractivity contribution in [1.29, 1.82) is 0 Å². The Hall–Kier alpha value is -1.25. The summed E-state index contributed by atoms with van der Waals surface area (Å²) in [5.74, 6) is 0. The summed E-state index contributed by atoms with van der Waals surface area (Å²) in [6.45, 7) is 8.94. The zero-order valence-electron chi connectivity index (χ0n) is 12.0. The fourth-order valence-corrected chi connectivity index (χ4v) is 2.02. The van der Waals surface area contributed by atoms with E-state index < -0.39 is 0 Å². The van der Waals surface area contributed by atoms with Gasteiger partial charge >= 0.3 is 0 Å². The third kappa shape index (κ3) is 4.12. The van der Waals surface area contributed by atoms with Crippen molar-refractivity contribution in [3.8, 4) is 11.1 Å². The molecule has 2 aromatic carbocycles. The predicted molar refractivity (Wildman–Crippen MR) is 86.9 cm³/mol. The van der Waals surface area contributed by atoms with Crippen LogP contribution in [-0.2, 0) is 5.41 Å². The van der Waals surface area contributed by atoms with Crippen molar-refractivity contribution in [2.45, 2.75) is 33.1 Å². The summed E-state index contributed by atoms with van der Waals surface area (Å²) in [6, 6.07) is 17.4. The molecule has 0 aromatic heterocycles. The summed E-state index contributed by atoms with van der Waals surface area (Å²) >= 11 is 2.53. The lowest BCUT2D eigenvalue weighted by Crippen LogP contribution is -2.11. The molecule has 0 aliphatic heterocycles. The number of benzene rings is 2. The third-order valence-electron chi connectivity index (χ3n) is 3.19. The van der Waals surface area contributed by atoms with Gasteiger partial charge in [0.05, 0.1) is 0 Å². The van der Waals surface area contributed by atoms with E-state index in [2.05, 4.69) is 89.1 Å². The number of thiol groups is 1. The van der Waals surface area contributed by atoms with Gasteiger partial charge in [0.25, 0.3) is 0 Å². The van der Waals surface area contributed by atoms with E-state index in [4.69, 9.17) is 4.55 Å². The molecule has 0 aliphatic rings. The normalized spacial score (nSPS) is 10.6. The molecule has 0 saturated heterocycles. The molecular formula is C17H22OS. The third-order valence-corrected chi connectivity index (χ3v) is 3.19. The van der Waals surface area contributed by atoms with Gasteiger partial charge < -0.3 is 4.55 Å². The highest BCUT2D eigenvalue weighted by Crippen LogP contribution is 2.29. The Morgan fingerprint density at radius 1 is 0.895 bits per heavy atom. The van der Waals surface area contributed by atoms with Gasteiger partial charge in [-0.2, -0.15) is 0 Å². The second kappa shape index (κ2) is 6.78. The molecule has 0 atom stereocenters. The number of hydrogen-bond donors (Lipinski definition) is 2. The van der Waals surface area contributed by atoms with E-state index in [0.717, 1.165) is 0 Å². The van der Waals surface area contributed by atoms with Gasteiger partial charge in [-0.05, 0) is 47.5 Å². The Morgan fingerprint density at radius 2 is 1.47 bits per heavy atom. The fourth-order valence-electron chi connectivity index (χ4n) is 2.02. The molecule has 0 spiro atoms. The maximum absolute atomic E-state index is 6.69. The van der Waals surface area contributed by atoms with Crippen LogP contribution in [0.5, 0.6) is 0 Å². The van der Waals surface area contributed by atoms with Gasteiger partial charge in [-0.15, -0.1) is 0 Å². The van der Waals surface area contributed by atoms with Crippen molar-refractivity contribution < 1.29 is 4.55 Å². The van der Waals surface area contributed by atoms with Gasteiger partial charge in [-0.25, -0.2) is 0 Å². The van der Waals surface area contributed by atoms with E-state index in [9.17, 15) is 0 Å². The first-order valence-corrected chi connectivity index (χ1v) is 6.75. The van der Waals surface area contributed by atoms with E-state index >= 15 is 0 Å². The Balaban J connectivity index is 0.000000861. The highest BCUT2D eigenvalue weighted by Gasteiger charge is 2.14. The fraction of sp³-hybridized carbons (Fsp3) is 0.294. The lowest BCUT2D eigenvalue weighted by molar-refractivity contribution is 0.590. The van der Waals surface area contributed by atoms with Crippen molar-refractivity contribution in [3.63, 3.8) is 0 Å². The van der Waals surface area contributed by atoms with Crippen molar-refractivity contribution in [2.24, 2.45) is 0 Å². The zero-order chi connectivity index (χ0) is 14.5. The molecule has 0 aliphatic carbocycles. The maximum Gasteiger partial charge on any atom is -0.0132 e. The summed E-state index contributed by atoms with van der Waals surface area (Å²) in [5, 5.41) is 0. The van der Waals surface area contributed by atoms with E-state index in [1.165, 1.54) is 22.3 Å². The molecule has 0 fully saturated rings. The highest BCUT2D eigenvalue weighted by molar-refractivity contribution is 7.74. The maximum atomic E-state index is 6.69. The Kier molecular flexibility index (Phi) is 5.64. The van der Waals surface area contributed by atoms with Gasteiger partial charge in [-0.1, -0.05) is 69.3 Å². The predicted octanol–water partition coefficient (Wildman–Crippen LogP) is 5.35. The van der Waals surface area contributed by atoms with E-state index in [0.29, 0.717) is 0 Å². The lowest BCUT2D eigenvalue weighted by Gasteiger charge is -2.21. The van der Waals surface area contributed by atoms with Crippen molar-refractivity contribution in [2.75, 3.05) is 0 Å². The smallest absolute Gasteiger partial charge is 0.0132 e.